The van der Waals surface area contributed by atoms with Crippen LogP contribution in [0.3, 0.4) is 0 Å². The van der Waals surface area contributed by atoms with Crippen LogP contribution in [0.5, 0.6) is 0 Å². The molecule has 17 N–H and O–H groups in total. The number of hydrogen-bond donors (Lipinski definition) is 15. The van der Waals surface area contributed by atoms with Gasteiger partial charge in [-0.2, -0.15) is 46.9 Å². The Hall–Kier alpha value is -10.4. The van der Waals surface area contributed by atoms with E-state index in [4.69, 9.17) is 31.8 Å². The molecule has 0 spiro atoms. The average molecular weight is 1150 g/mol. The molecule has 49 nitrogen and oxygen atoms in total. The van der Waals surface area contributed by atoms with E-state index in [9.17, 15) is 9.00 Å². The molecule has 0 saturated carbocycles. The van der Waals surface area contributed by atoms with Crippen molar-refractivity contribution in [2.45, 2.75) is 23.5 Å². The third-order valence-electron chi connectivity index (χ3n) is 6.51. The number of aryl methyl sites for hydroxylation is 1. The topological polar surface area (TPSA) is 703 Å². The molecule has 52 heteroatoms. The number of H-pyrrole nitrogens is 9. The van der Waals surface area contributed by atoms with Crippen LogP contribution in [0.2, 0.25) is 0 Å². The molecule has 0 bridgehead atoms. The van der Waals surface area contributed by atoms with Crippen molar-refractivity contribution in [2.24, 2.45) is 5.73 Å². The van der Waals surface area contributed by atoms with E-state index in [0.717, 1.165) is 28.1 Å². The second-order valence-corrected chi connectivity index (χ2v) is 13.7. The lowest BCUT2D eigenvalue weighted by molar-refractivity contribution is -0.432. The van der Waals surface area contributed by atoms with Crippen LogP contribution >= 0.6 is 24.1 Å². The van der Waals surface area contributed by atoms with Crippen LogP contribution < -0.4 is 11.5 Å². The summed E-state index contributed by atoms with van der Waals surface area (Å²) in [5.41, 5.74) is 11.9. The van der Waals surface area contributed by atoms with Gasteiger partial charge in [0.05, 0.1) is 18.6 Å². The summed E-state index contributed by atoms with van der Waals surface area (Å²) in [4.78, 5) is 15.0. The van der Waals surface area contributed by atoms with E-state index < -0.39 is 16.2 Å². The highest BCUT2D eigenvalue weighted by atomic mass is 32.2. The van der Waals surface area contributed by atoms with Crippen LogP contribution in [0.1, 0.15) is 28.1 Å². The maximum absolute atomic E-state index is 10.5. The fourth-order valence-corrected chi connectivity index (χ4v) is 4.37. The lowest BCUT2D eigenvalue weighted by Crippen LogP contribution is -2.08. The number of tetrazole rings is 9. The normalized spacial score (nSPS) is 9.92. The first kappa shape index (κ1) is 61.9. The Morgan fingerprint density at radius 2 is 1.14 bits per heavy atom. The summed E-state index contributed by atoms with van der Waals surface area (Å²) >= 11 is -1.03. The molecule has 0 aliphatic heterocycles. The molecule has 0 fully saturated rings. The number of hydrogen-bond acceptors (Lipinski definition) is 41. The van der Waals surface area contributed by atoms with Gasteiger partial charge in [0.2, 0.25) is 34.3 Å². The highest BCUT2D eigenvalue weighted by Gasteiger charge is 2.16. The average Bonchev–Trinajstić information content (AvgIpc) is 4.30. The molecule has 0 amide bonds. The SMILES string of the molecule is C=C(OO)c1nn[nH]n1.Cc1nn[nH]n1.NCc1nn[nH]n1.Nc1nn[nH]n1.O=C(c1nn[nH]n1)S(=O)O.OOOSc1ccc(-c2nn[nH]n2)cc1.OOOSc1nn[nH]n1.c1ccc(-c2nn[nH]n2)cc1.c1nn[nH]n1. The summed E-state index contributed by atoms with van der Waals surface area (Å²) in [6, 6.07) is 16.8. The highest BCUT2D eigenvalue weighted by molar-refractivity contribution is 7.95. The van der Waals surface area contributed by atoms with Crippen molar-refractivity contribution in [3.63, 3.8) is 0 Å². The van der Waals surface area contributed by atoms with Gasteiger partial charge in [0.25, 0.3) is 16.9 Å². The van der Waals surface area contributed by atoms with Gasteiger partial charge in [0, 0.05) is 16.0 Å². The molecule has 0 radical (unpaired) electrons. The molecule has 11 rings (SSSR count). The van der Waals surface area contributed by atoms with Gasteiger partial charge in [-0.15, -0.1) is 90.2 Å². The minimum Gasteiger partial charge on any atom is -0.365 e. The van der Waals surface area contributed by atoms with Gasteiger partial charge in [-0.3, -0.25) is 9.35 Å². The van der Waals surface area contributed by atoms with Gasteiger partial charge in [-0.1, -0.05) is 66.2 Å². The zero-order chi connectivity index (χ0) is 56.3. The fourth-order valence-electron chi connectivity index (χ4n) is 3.53. The lowest BCUT2D eigenvalue weighted by Gasteiger charge is -1.98. The molecule has 1 unspecified atom stereocenters. The Morgan fingerprint density at radius 1 is 0.603 bits per heavy atom. The Bertz CT molecular complexity index is 2990. The number of nitrogens with two attached hydrogens (primary N) is 2. The van der Waals surface area contributed by atoms with Crippen LogP contribution in [0.4, 0.5) is 5.95 Å². The Labute approximate surface area is 438 Å². The van der Waals surface area contributed by atoms with Gasteiger partial charge < -0.3 is 16.4 Å². The molecule has 78 heavy (non-hydrogen) atoms. The second-order valence-electron chi connectivity index (χ2n) is 11.4. The highest BCUT2D eigenvalue weighted by Crippen LogP contribution is 2.22. The van der Waals surface area contributed by atoms with Crippen LogP contribution in [0, 0.1) is 6.92 Å². The molecular weight excluding hydrogens is 1120 g/mol. The summed E-state index contributed by atoms with van der Waals surface area (Å²) in [6.07, 6.45) is 1.33. The first-order chi connectivity index (χ1) is 38.1. The van der Waals surface area contributed by atoms with Crippen LogP contribution in [0.15, 0.2) is 77.6 Å². The first-order valence-corrected chi connectivity index (χ1v) is 21.7. The van der Waals surface area contributed by atoms with Crippen molar-refractivity contribution in [3.8, 4) is 22.8 Å². The number of carbonyl (C=O) groups excluding carboxylic acids is 1. The Kier molecular flexibility index (Phi) is 31.0. The maximum atomic E-state index is 10.5. The van der Waals surface area contributed by atoms with E-state index in [0.29, 0.717) is 41.9 Å². The Morgan fingerprint density at radius 3 is 1.53 bits per heavy atom. The number of aromatic nitrogens is 36. The minimum absolute atomic E-state index is 0.0382. The summed E-state index contributed by atoms with van der Waals surface area (Å²) in [6.45, 7) is 5.37. The van der Waals surface area contributed by atoms with Crippen LogP contribution in [0.25, 0.3) is 28.5 Å². The van der Waals surface area contributed by atoms with Gasteiger partial charge >= 0.3 is 5.12 Å². The van der Waals surface area contributed by atoms with E-state index in [1.54, 1.807) is 31.2 Å². The number of rotatable bonds is 12. The molecule has 1 atom stereocenters. The molecule has 9 heterocycles. The van der Waals surface area contributed by atoms with Gasteiger partial charge in [0.15, 0.2) is 18.0 Å². The predicted molar refractivity (Wildman–Crippen MR) is 245 cm³/mol. The summed E-state index contributed by atoms with van der Waals surface area (Å²) in [5, 5.41) is 142. The smallest absolute Gasteiger partial charge is 0.317 e. The number of benzene rings is 2. The maximum Gasteiger partial charge on any atom is 0.317 e. The monoisotopic (exact) mass is 1150 g/mol. The third-order valence-corrected chi connectivity index (χ3v) is 8.05. The molecule has 0 aliphatic carbocycles. The van der Waals surface area contributed by atoms with E-state index in [-0.39, 0.29) is 28.5 Å². The standard InChI is InChI=1S/C7H6N4O3S.C7H6N4.C3H4N4O2.C2H5N5.C2H2N4O3S.C2H4N4.CH3N5.CH2N4O3S.CH2N4/c12-13-14-15-6-3-1-5(2-4-6)7-8-10-11-9-7;1-2-4-6(5-3-1)7-8-10-11-9-7;1-2(9-8)3-4-6-7-5-3;3-1-2-4-6-7-5-2;7-2(10(8)9)1-3-5-6-4-1;1-2-3-5-6-4-2;2-1-3-5-6-4-1;6-7-8-9-1-2-4-5-3-1;1-2-4-5-3-1/h1-4,12H,(H,8,9,10,11);1-5H,(H,8,9,10,11);8H,1H2,(H,4,5,6,7);1,3H2,(H,4,5,6,7);(H,8,9)(H,3,4,5,6);1H3,(H,3,4,5,6);(H3,2,3,4,5,6);6H,(H,2,3,4,5);1H,(H,2,3,4,5). The Balaban J connectivity index is 0.000000235. The van der Waals surface area contributed by atoms with Crippen LogP contribution in [-0.2, 0) is 41.3 Å². The zero-order valence-electron chi connectivity index (χ0n) is 38.3. The van der Waals surface area contributed by atoms with Gasteiger partial charge in [0.1, 0.15) is 12.0 Å². The molecule has 0 aliphatic rings. The van der Waals surface area contributed by atoms with Crippen LogP contribution in [-0.4, -0.2) is 215 Å². The first-order valence-electron chi connectivity index (χ1n) is 19.1. The molecule has 412 valence electrons. The summed E-state index contributed by atoms with van der Waals surface area (Å²) < 4.78 is 26.5. The predicted octanol–water partition coefficient (Wildman–Crippen LogP) is -3.84. The van der Waals surface area contributed by atoms with Crippen molar-refractivity contribution < 1.29 is 53.0 Å². The number of nitrogen functional groups attached to an aromatic ring is 1. The molecular formula is C26H34N38O11S3. The second kappa shape index (κ2) is 39.1. The number of aromatic amines is 9. The quantitative estimate of drug-likeness (QED) is 0.0183. The largest absolute Gasteiger partial charge is 0.365 e. The fraction of sp³-hybridized carbons (Fsp3) is 0.0769. The van der Waals surface area contributed by atoms with Gasteiger partial charge in [-0.05, 0) is 69.0 Å². The van der Waals surface area contributed by atoms with E-state index in [2.05, 4.69) is 211 Å². The van der Waals surface area contributed by atoms with E-state index >= 15 is 0 Å². The molecule has 2 aromatic carbocycles. The number of anilines is 1. The minimum atomic E-state index is -2.56. The van der Waals surface area contributed by atoms with E-state index in [1.807, 2.05) is 35.5 Å². The zero-order valence-corrected chi connectivity index (χ0v) is 40.7. The van der Waals surface area contributed by atoms with Gasteiger partial charge in [-0.25, -0.2) is 20.0 Å². The molecule has 0 saturated heterocycles. The number of nitrogens with one attached hydrogen (secondary N) is 9. The van der Waals surface area contributed by atoms with Crippen molar-refractivity contribution in [1.82, 2.24) is 186 Å². The lowest BCUT2D eigenvalue weighted by atomic mass is 10.2. The van der Waals surface area contributed by atoms with Crippen molar-refractivity contribution in [3.05, 3.63) is 90.8 Å². The molecule has 9 aromatic heterocycles. The number of nitrogens with zero attached hydrogens (tertiary/aromatic N) is 27. The van der Waals surface area contributed by atoms with Crippen molar-refractivity contribution >= 4 is 52.0 Å². The third kappa shape index (κ3) is 27.0. The van der Waals surface area contributed by atoms with E-state index in [1.165, 1.54) is 6.33 Å². The summed E-state index contributed by atoms with van der Waals surface area (Å²) in [5.74, 6) is 2.25. The number of carbonyl (C=O) groups is 1. The van der Waals surface area contributed by atoms with Crippen molar-refractivity contribution in [2.75, 3.05) is 5.73 Å². The molecule has 11 aromatic rings. The summed E-state index contributed by atoms with van der Waals surface area (Å²) in [7, 11) is 0. The van der Waals surface area contributed by atoms with Crippen molar-refractivity contribution in [1.29, 1.82) is 0 Å².